The van der Waals surface area contributed by atoms with Gasteiger partial charge in [-0.1, -0.05) is 15.9 Å². The van der Waals surface area contributed by atoms with Crippen LogP contribution in [0.2, 0.25) is 0 Å². The maximum atomic E-state index is 12.6. The molecular formula is C16H16BrNO3. The van der Waals surface area contributed by atoms with Crippen LogP contribution in [-0.2, 0) is 0 Å². The summed E-state index contributed by atoms with van der Waals surface area (Å²) in [4.78, 5) is 14.2. The molecule has 0 aliphatic rings. The van der Waals surface area contributed by atoms with E-state index in [1.807, 2.05) is 30.3 Å². The summed E-state index contributed by atoms with van der Waals surface area (Å²) in [6.45, 7) is 0. The molecule has 0 fully saturated rings. The van der Waals surface area contributed by atoms with Gasteiger partial charge in [-0.05, 0) is 42.5 Å². The Balaban J connectivity index is 2.30. The van der Waals surface area contributed by atoms with Gasteiger partial charge in [-0.3, -0.25) is 4.79 Å². The minimum atomic E-state index is -0.135. The van der Waals surface area contributed by atoms with Gasteiger partial charge < -0.3 is 14.4 Å². The number of benzene rings is 2. The van der Waals surface area contributed by atoms with E-state index in [1.54, 1.807) is 38.3 Å². The number of anilines is 1. The van der Waals surface area contributed by atoms with Crippen molar-refractivity contribution in [3.63, 3.8) is 0 Å². The molecular weight excluding hydrogens is 334 g/mol. The van der Waals surface area contributed by atoms with Gasteiger partial charge in [-0.15, -0.1) is 0 Å². The maximum absolute atomic E-state index is 12.6. The van der Waals surface area contributed by atoms with Crippen molar-refractivity contribution in [2.24, 2.45) is 0 Å². The van der Waals surface area contributed by atoms with E-state index >= 15 is 0 Å². The first-order valence-corrected chi connectivity index (χ1v) is 7.11. The average molecular weight is 350 g/mol. The summed E-state index contributed by atoms with van der Waals surface area (Å²) in [7, 11) is 4.88. The Kier molecular flexibility index (Phi) is 4.85. The molecule has 0 unspecified atom stereocenters. The van der Waals surface area contributed by atoms with Gasteiger partial charge in [0.25, 0.3) is 5.91 Å². The van der Waals surface area contributed by atoms with Crippen LogP contribution in [-0.4, -0.2) is 27.2 Å². The van der Waals surface area contributed by atoms with Crippen molar-refractivity contribution < 1.29 is 14.3 Å². The fourth-order valence-electron chi connectivity index (χ4n) is 1.95. The molecule has 0 saturated carbocycles. The number of hydrogen-bond acceptors (Lipinski definition) is 3. The normalized spacial score (nSPS) is 10.1. The zero-order chi connectivity index (χ0) is 15.4. The topological polar surface area (TPSA) is 38.8 Å². The van der Waals surface area contributed by atoms with Crippen LogP contribution in [0.1, 0.15) is 10.4 Å². The lowest BCUT2D eigenvalue weighted by Crippen LogP contribution is -2.26. The summed E-state index contributed by atoms with van der Waals surface area (Å²) < 4.78 is 11.3. The number of rotatable bonds is 4. The number of hydrogen-bond donors (Lipinski definition) is 0. The van der Waals surface area contributed by atoms with Gasteiger partial charge >= 0.3 is 0 Å². The van der Waals surface area contributed by atoms with Crippen molar-refractivity contribution in [2.75, 3.05) is 26.2 Å². The van der Waals surface area contributed by atoms with Crippen LogP contribution in [0.25, 0.3) is 0 Å². The van der Waals surface area contributed by atoms with Crippen molar-refractivity contribution in [1.29, 1.82) is 0 Å². The van der Waals surface area contributed by atoms with Gasteiger partial charge in [0.1, 0.15) is 11.5 Å². The Morgan fingerprint density at radius 1 is 1.05 bits per heavy atom. The summed E-state index contributed by atoms with van der Waals surface area (Å²) in [5.41, 5.74) is 1.30. The molecule has 21 heavy (non-hydrogen) atoms. The SMILES string of the molecule is COc1ccc(N(C)C(=O)c2ccc(Br)cc2OC)cc1. The molecule has 2 aromatic carbocycles. The summed E-state index contributed by atoms with van der Waals surface area (Å²) in [5.74, 6) is 1.15. The van der Waals surface area contributed by atoms with E-state index in [9.17, 15) is 4.79 Å². The molecule has 1 amide bonds. The van der Waals surface area contributed by atoms with E-state index in [2.05, 4.69) is 15.9 Å². The van der Waals surface area contributed by atoms with E-state index in [0.29, 0.717) is 11.3 Å². The van der Waals surface area contributed by atoms with E-state index in [-0.39, 0.29) is 5.91 Å². The number of ether oxygens (including phenoxy) is 2. The zero-order valence-electron chi connectivity index (χ0n) is 12.1. The third-order valence-electron chi connectivity index (χ3n) is 3.16. The van der Waals surface area contributed by atoms with Crippen LogP contribution in [0.3, 0.4) is 0 Å². The highest BCUT2D eigenvalue weighted by Gasteiger charge is 2.18. The molecule has 2 rings (SSSR count). The second-order valence-electron chi connectivity index (χ2n) is 4.41. The first-order chi connectivity index (χ1) is 10.1. The molecule has 5 heteroatoms. The predicted molar refractivity (Wildman–Crippen MR) is 86.4 cm³/mol. The van der Waals surface area contributed by atoms with Crippen LogP contribution in [0.5, 0.6) is 11.5 Å². The molecule has 0 heterocycles. The quantitative estimate of drug-likeness (QED) is 0.843. The third kappa shape index (κ3) is 3.36. The highest BCUT2D eigenvalue weighted by atomic mass is 79.9. The lowest BCUT2D eigenvalue weighted by atomic mass is 10.1. The van der Waals surface area contributed by atoms with Gasteiger partial charge in [-0.25, -0.2) is 0 Å². The highest BCUT2D eigenvalue weighted by molar-refractivity contribution is 9.10. The molecule has 0 aromatic heterocycles. The molecule has 0 radical (unpaired) electrons. The van der Waals surface area contributed by atoms with Gasteiger partial charge in [0.2, 0.25) is 0 Å². The Morgan fingerprint density at radius 3 is 2.29 bits per heavy atom. The van der Waals surface area contributed by atoms with Crippen LogP contribution in [0.15, 0.2) is 46.9 Å². The summed E-state index contributed by atoms with van der Waals surface area (Å²) >= 11 is 3.37. The largest absolute Gasteiger partial charge is 0.497 e. The lowest BCUT2D eigenvalue weighted by molar-refractivity contribution is 0.0990. The molecule has 0 aliphatic heterocycles. The van der Waals surface area contributed by atoms with Crippen LogP contribution in [0, 0.1) is 0 Å². The van der Waals surface area contributed by atoms with Gasteiger partial charge in [0, 0.05) is 17.2 Å². The van der Waals surface area contributed by atoms with E-state index in [4.69, 9.17) is 9.47 Å². The number of halogens is 1. The number of nitrogens with zero attached hydrogens (tertiary/aromatic N) is 1. The second kappa shape index (κ2) is 6.63. The van der Waals surface area contributed by atoms with Crippen molar-refractivity contribution in [3.05, 3.63) is 52.5 Å². The van der Waals surface area contributed by atoms with Crippen molar-refractivity contribution in [2.45, 2.75) is 0 Å². The summed E-state index contributed by atoms with van der Waals surface area (Å²) in [6, 6.07) is 12.6. The standard InChI is InChI=1S/C16H16BrNO3/c1-18(12-5-7-13(20-2)8-6-12)16(19)14-9-4-11(17)10-15(14)21-3/h4-10H,1-3H3. The Morgan fingerprint density at radius 2 is 1.71 bits per heavy atom. The Labute approximate surface area is 132 Å². The zero-order valence-corrected chi connectivity index (χ0v) is 13.7. The lowest BCUT2D eigenvalue weighted by Gasteiger charge is -2.19. The predicted octanol–water partition coefficient (Wildman–Crippen LogP) is 3.74. The maximum Gasteiger partial charge on any atom is 0.261 e. The van der Waals surface area contributed by atoms with Crippen molar-refractivity contribution in [3.8, 4) is 11.5 Å². The van der Waals surface area contributed by atoms with E-state index in [0.717, 1.165) is 15.9 Å². The monoisotopic (exact) mass is 349 g/mol. The van der Waals surface area contributed by atoms with Crippen LogP contribution < -0.4 is 14.4 Å². The second-order valence-corrected chi connectivity index (χ2v) is 5.32. The fraction of sp³-hybridized carbons (Fsp3) is 0.188. The summed E-state index contributed by atoms with van der Waals surface area (Å²) in [6.07, 6.45) is 0. The fourth-order valence-corrected chi connectivity index (χ4v) is 2.29. The van der Waals surface area contributed by atoms with Gasteiger partial charge in [0.15, 0.2) is 0 Å². The van der Waals surface area contributed by atoms with Gasteiger partial charge in [0.05, 0.1) is 19.8 Å². The van der Waals surface area contributed by atoms with E-state index < -0.39 is 0 Å². The first-order valence-electron chi connectivity index (χ1n) is 6.32. The molecule has 0 bridgehead atoms. The van der Waals surface area contributed by atoms with E-state index in [1.165, 1.54) is 0 Å². The minimum Gasteiger partial charge on any atom is -0.497 e. The molecule has 0 spiro atoms. The molecule has 2 aromatic rings. The number of carbonyl (C=O) groups is 1. The van der Waals surface area contributed by atoms with Crippen molar-refractivity contribution in [1.82, 2.24) is 0 Å². The Hall–Kier alpha value is -2.01. The minimum absolute atomic E-state index is 0.135. The first kappa shape index (κ1) is 15.4. The van der Waals surface area contributed by atoms with Crippen LogP contribution >= 0.6 is 15.9 Å². The molecule has 110 valence electrons. The molecule has 0 N–H and O–H groups in total. The number of methoxy groups -OCH3 is 2. The smallest absolute Gasteiger partial charge is 0.261 e. The number of amides is 1. The van der Waals surface area contributed by atoms with Crippen LogP contribution in [0.4, 0.5) is 5.69 Å². The number of carbonyl (C=O) groups excluding carboxylic acids is 1. The summed E-state index contributed by atoms with van der Waals surface area (Å²) in [5, 5.41) is 0. The molecule has 4 nitrogen and oxygen atoms in total. The van der Waals surface area contributed by atoms with Gasteiger partial charge in [-0.2, -0.15) is 0 Å². The van der Waals surface area contributed by atoms with Crippen molar-refractivity contribution >= 4 is 27.5 Å². The third-order valence-corrected chi connectivity index (χ3v) is 3.65. The molecule has 0 saturated heterocycles. The highest BCUT2D eigenvalue weighted by Crippen LogP contribution is 2.26. The molecule has 0 atom stereocenters. The molecule has 0 aliphatic carbocycles. The Bertz CT molecular complexity index is 640. The average Bonchev–Trinajstić information content (AvgIpc) is 2.53.